The average Bonchev–Trinajstić information content (AvgIpc) is 2.40. The summed E-state index contributed by atoms with van der Waals surface area (Å²) in [5.74, 6) is 1.41. The van der Waals surface area contributed by atoms with E-state index in [-0.39, 0.29) is 0 Å². The van der Waals surface area contributed by atoms with E-state index in [0.29, 0.717) is 5.92 Å². The zero-order valence-electron chi connectivity index (χ0n) is 11.9. The largest absolute Gasteiger partial charge is 0.389 e. The van der Waals surface area contributed by atoms with Crippen molar-refractivity contribution in [2.75, 3.05) is 18.0 Å². The molecule has 19 heavy (non-hydrogen) atoms. The van der Waals surface area contributed by atoms with E-state index in [4.69, 9.17) is 0 Å². The van der Waals surface area contributed by atoms with Gasteiger partial charge in [0.1, 0.15) is 5.82 Å². The van der Waals surface area contributed by atoms with Gasteiger partial charge in [-0.15, -0.1) is 0 Å². The molecular formula is C15H23N3O. The van der Waals surface area contributed by atoms with Crippen LogP contribution in [-0.4, -0.2) is 33.8 Å². The minimum Gasteiger partial charge on any atom is -0.389 e. The van der Waals surface area contributed by atoms with Crippen molar-refractivity contribution in [2.45, 2.75) is 51.6 Å². The highest BCUT2D eigenvalue weighted by atomic mass is 16.3. The highest BCUT2D eigenvalue weighted by Gasteiger charge is 2.43. The van der Waals surface area contributed by atoms with E-state index >= 15 is 0 Å². The number of hydrogen-bond acceptors (Lipinski definition) is 4. The van der Waals surface area contributed by atoms with Crippen LogP contribution in [0.1, 0.15) is 43.5 Å². The van der Waals surface area contributed by atoms with Crippen LogP contribution in [0.2, 0.25) is 0 Å². The minimum absolute atomic E-state index is 0.400. The van der Waals surface area contributed by atoms with Crippen molar-refractivity contribution in [2.24, 2.45) is 5.92 Å². The summed E-state index contributed by atoms with van der Waals surface area (Å²) in [7, 11) is 0. The van der Waals surface area contributed by atoms with Crippen LogP contribution >= 0.6 is 0 Å². The van der Waals surface area contributed by atoms with Gasteiger partial charge in [-0.25, -0.2) is 4.98 Å². The maximum Gasteiger partial charge on any atom is 0.150 e. The Bertz CT molecular complexity index is 476. The van der Waals surface area contributed by atoms with Crippen LogP contribution < -0.4 is 4.90 Å². The van der Waals surface area contributed by atoms with Crippen LogP contribution in [0.15, 0.2) is 6.20 Å². The van der Waals surface area contributed by atoms with Gasteiger partial charge in [-0.1, -0.05) is 12.8 Å². The number of piperidine rings is 1. The van der Waals surface area contributed by atoms with Crippen LogP contribution in [0.4, 0.5) is 5.82 Å². The fourth-order valence-electron chi connectivity index (χ4n) is 3.59. The number of aliphatic hydroxyl groups is 1. The third-order valence-corrected chi connectivity index (χ3v) is 4.78. The number of aryl methyl sites for hydroxylation is 2. The molecule has 2 fully saturated rings. The van der Waals surface area contributed by atoms with E-state index in [9.17, 15) is 5.11 Å². The molecule has 0 bridgehead atoms. The quantitative estimate of drug-likeness (QED) is 0.842. The maximum absolute atomic E-state index is 10.7. The average molecular weight is 261 g/mol. The van der Waals surface area contributed by atoms with Gasteiger partial charge in [0, 0.05) is 25.2 Å². The molecule has 0 radical (unpaired) electrons. The Morgan fingerprint density at radius 3 is 3.00 bits per heavy atom. The fourth-order valence-corrected chi connectivity index (χ4v) is 3.59. The van der Waals surface area contributed by atoms with Crippen LogP contribution in [-0.2, 0) is 0 Å². The van der Waals surface area contributed by atoms with Crippen LogP contribution in [0.5, 0.6) is 0 Å². The summed E-state index contributed by atoms with van der Waals surface area (Å²) >= 11 is 0. The molecule has 2 unspecified atom stereocenters. The molecule has 4 nitrogen and oxygen atoms in total. The molecule has 1 aromatic rings. The molecule has 1 aliphatic heterocycles. The van der Waals surface area contributed by atoms with Gasteiger partial charge in [0.05, 0.1) is 17.0 Å². The number of rotatable bonds is 1. The third kappa shape index (κ3) is 2.34. The molecule has 0 aromatic carbocycles. The molecule has 2 atom stereocenters. The van der Waals surface area contributed by atoms with E-state index in [1.807, 2.05) is 20.0 Å². The fraction of sp³-hybridized carbons (Fsp3) is 0.733. The van der Waals surface area contributed by atoms with Crippen molar-refractivity contribution in [3.63, 3.8) is 0 Å². The molecule has 104 valence electrons. The number of hydrogen-bond donors (Lipinski definition) is 1. The smallest absolute Gasteiger partial charge is 0.150 e. The van der Waals surface area contributed by atoms with E-state index in [1.165, 1.54) is 12.8 Å². The molecular weight excluding hydrogens is 238 g/mol. The Labute approximate surface area is 114 Å². The molecule has 1 aliphatic carbocycles. The maximum atomic E-state index is 10.7. The van der Waals surface area contributed by atoms with Gasteiger partial charge in [0.25, 0.3) is 0 Å². The van der Waals surface area contributed by atoms with Crippen LogP contribution in [0.3, 0.4) is 0 Å². The standard InChI is InChI=1S/C15H23N3O/c1-11-9-16-12(2)14(17-11)18-8-7-15(19)6-4-3-5-13(15)10-18/h9,13,19H,3-8,10H2,1-2H3. The van der Waals surface area contributed by atoms with Crippen LogP contribution in [0.25, 0.3) is 0 Å². The zero-order valence-corrected chi connectivity index (χ0v) is 11.9. The second kappa shape index (κ2) is 4.75. The van der Waals surface area contributed by atoms with Crippen molar-refractivity contribution in [1.82, 2.24) is 9.97 Å². The van der Waals surface area contributed by atoms with Crippen LogP contribution in [0, 0.1) is 19.8 Å². The first-order valence-corrected chi connectivity index (χ1v) is 7.36. The van der Waals surface area contributed by atoms with Gasteiger partial charge in [0.2, 0.25) is 0 Å². The van der Waals surface area contributed by atoms with Crippen molar-refractivity contribution >= 4 is 5.82 Å². The normalized spacial score (nSPS) is 31.1. The van der Waals surface area contributed by atoms with Gasteiger partial charge >= 0.3 is 0 Å². The van der Waals surface area contributed by atoms with E-state index < -0.39 is 5.60 Å². The monoisotopic (exact) mass is 261 g/mol. The predicted molar refractivity (Wildman–Crippen MR) is 75.2 cm³/mol. The number of anilines is 1. The Kier molecular flexibility index (Phi) is 3.21. The summed E-state index contributed by atoms with van der Waals surface area (Å²) in [6, 6.07) is 0. The predicted octanol–water partition coefficient (Wildman–Crippen LogP) is 2.22. The molecule has 1 aromatic heterocycles. The molecule has 3 rings (SSSR count). The highest BCUT2D eigenvalue weighted by Crippen LogP contribution is 2.40. The van der Waals surface area contributed by atoms with E-state index in [0.717, 1.165) is 49.6 Å². The van der Waals surface area contributed by atoms with Gasteiger partial charge in [0.15, 0.2) is 0 Å². The van der Waals surface area contributed by atoms with E-state index in [1.54, 1.807) is 0 Å². The molecule has 2 aliphatic rings. The first kappa shape index (κ1) is 12.9. The lowest BCUT2D eigenvalue weighted by Gasteiger charge is -2.47. The SMILES string of the molecule is Cc1cnc(C)c(N2CCC3(O)CCCCC3C2)n1. The first-order chi connectivity index (χ1) is 9.08. The molecule has 1 saturated heterocycles. The Morgan fingerprint density at radius 2 is 2.16 bits per heavy atom. The molecule has 0 amide bonds. The van der Waals surface area contributed by atoms with Gasteiger partial charge < -0.3 is 10.0 Å². The number of nitrogens with zero attached hydrogens (tertiary/aromatic N) is 3. The Hall–Kier alpha value is -1.16. The molecule has 1 saturated carbocycles. The van der Waals surface area contributed by atoms with Gasteiger partial charge in [-0.2, -0.15) is 0 Å². The third-order valence-electron chi connectivity index (χ3n) is 4.78. The summed E-state index contributed by atoms with van der Waals surface area (Å²) < 4.78 is 0. The van der Waals surface area contributed by atoms with Crippen molar-refractivity contribution in [3.05, 3.63) is 17.6 Å². The van der Waals surface area contributed by atoms with E-state index in [2.05, 4.69) is 14.9 Å². The summed E-state index contributed by atoms with van der Waals surface area (Å²) in [5.41, 5.74) is 1.54. The zero-order chi connectivity index (χ0) is 13.5. The van der Waals surface area contributed by atoms with Crippen molar-refractivity contribution in [3.8, 4) is 0 Å². The molecule has 2 heterocycles. The summed E-state index contributed by atoms with van der Waals surface area (Å²) in [4.78, 5) is 11.4. The van der Waals surface area contributed by atoms with Crippen molar-refractivity contribution in [1.29, 1.82) is 0 Å². The molecule has 0 spiro atoms. The van der Waals surface area contributed by atoms with Crippen molar-refractivity contribution < 1.29 is 5.11 Å². The summed E-state index contributed by atoms with van der Waals surface area (Å²) in [5, 5.41) is 10.7. The number of aromatic nitrogens is 2. The van der Waals surface area contributed by atoms with Gasteiger partial charge in [-0.05, 0) is 33.1 Å². The first-order valence-electron chi connectivity index (χ1n) is 7.36. The lowest BCUT2D eigenvalue weighted by molar-refractivity contribution is -0.0614. The number of fused-ring (bicyclic) bond motifs is 1. The highest BCUT2D eigenvalue weighted by molar-refractivity contribution is 5.44. The topological polar surface area (TPSA) is 49.2 Å². The lowest BCUT2D eigenvalue weighted by Crippen LogP contribution is -2.53. The summed E-state index contributed by atoms with van der Waals surface area (Å²) in [6.07, 6.45) is 7.23. The molecule has 4 heteroatoms. The van der Waals surface area contributed by atoms with Gasteiger partial charge in [-0.3, -0.25) is 4.98 Å². The molecule has 1 N–H and O–H groups in total. The lowest BCUT2D eigenvalue weighted by atomic mass is 9.71. The second-order valence-electron chi connectivity index (χ2n) is 6.16. The second-order valence-corrected chi connectivity index (χ2v) is 6.16. The Balaban J connectivity index is 1.82. The summed E-state index contributed by atoms with van der Waals surface area (Å²) in [6.45, 7) is 5.82. The minimum atomic E-state index is -0.417. The Morgan fingerprint density at radius 1 is 1.32 bits per heavy atom.